The van der Waals surface area contributed by atoms with Gasteiger partial charge in [-0.25, -0.2) is 9.59 Å². The quantitative estimate of drug-likeness (QED) is 0.436. The third kappa shape index (κ3) is 3.87. The zero-order chi connectivity index (χ0) is 21.5. The summed E-state index contributed by atoms with van der Waals surface area (Å²) in [6.07, 6.45) is -10.2. The van der Waals surface area contributed by atoms with Gasteiger partial charge in [0.25, 0.3) is 0 Å². The normalized spacial score (nSPS) is 32.8. The van der Waals surface area contributed by atoms with E-state index in [9.17, 15) is 30.0 Å². The van der Waals surface area contributed by atoms with Gasteiger partial charge in [-0.3, -0.25) is 0 Å². The molecule has 6 atom stereocenters. The van der Waals surface area contributed by atoms with Gasteiger partial charge in [0.1, 0.15) is 30.0 Å². The van der Waals surface area contributed by atoms with Gasteiger partial charge >= 0.3 is 12.1 Å². The van der Waals surface area contributed by atoms with Crippen LogP contribution in [-0.2, 0) is 14.3 Å². The molecule has 3 rings (SSSR count). The van der Waals surface area contributed by atoms with E-state index in [0.29, 0.717) is 5.56 Å². The van der Waals surface area contributed by atoms with Crippen LogP contribution in [0.15, 0.2) is 18.2 Å². The van der Waals surface area contributed by atoms with Gasteiger partial charge in [0.05, 0.1) is 0 Å². The molecule has 1 fully saturated rings. The number of carboxylic acid groups (broad SMARTS) is 1. The van der Waals surface area contributed by atoms with Crippen molar-refractivity contribution in [1.29, 1.82) is 0 Å². The van der Waals surface area contributed by atoms with Crippen LogP contribution >= 0.6 is 0 Å². The molecular weight excluding hydrogens is 390 g/mol. The molecule has 29 heavy (non-hydrogen) atoms. The number of para-hydroxylation sites is 1. The molecule has 0 saturated carbocycles. The predicted octanol–water partition coefficient (Wildman–Crippen LogP) is -0.474. The molecule has 0 radical (unpaired) electrons. The Hall–Kier alpha value is -2.44. The Morgan fingerprint density at radius 2 is 1.83 bits per heavy atom. The van der Waals surface area contributed by atoms with Crippen LogP contribution in [0, 0.1) is 0 Å². The van der Waals surface area contributed by atoms with Crippen LogP contribution in [0.4, 0.5) is 4.79 Å². The summed E-state index contributed by atoms with van der Waals surface area (Å²) < 4.78 is 22.1. The summed E-state index contributed by atoms with van der Waals surface area (Å²) >= 11 is 0. The van der Waals surface area contributed by atoms with E-state index in [2.05, 4.69) is 5.32 Å². The number of fused-ring (bicyclic) bond motifs is 1. The maximum Gasteiger partial charge on any atom is 0.412 e. The molecule has 11 nitrogen and oxygen atoms in total. The fraction of sp³-hybridized carbons (Fsp3) is 0.556. The third-order valence-electron chi connectivity index (χ3n) is 4.78. The van der Waals surface area contributed by atoms with Gasteiger partial charge in [-0.1, -0.05) is 12.1 Å². The number of carboxylic acids is 1. The van der Waals surface area contributed by atoms with E-state index in [4.69, 9.17) is 18.9 Å². The van der Waals surface area contributed by atoms with Crippen molar-refractivity contribution in [1.82, 2.24) is 5.32 Å². The number of carbonyl (C=O) groups is 2. The molecule has 1 amide bonds. The molecule has 0 aliphatic carbocycles. The molecule has 0 bridgehead atoms. The summed E-state index contributed by atoms with van der Waals surface area (Å²) in [6, 6.07) is 4.79. The smallest absolute Gasteiger partial charge is 0.412 e. The molecule has 1 aromatic carbocycles. The zero-order valence-corrected chi connectivity index (χ0v) is 15.9. The fourth-order valence-electron chi connectivity index (χ4n) is 3.31. The molecular formula is C18H23NO10. The van der Waals surface area contributed by atoms with E-state index in [1.165, 1.54) is 13.1 Å². The first-order valence-corrected chi connectivity index (χ1v) is 8.86. The average molecular weight is 413 g/mol. The number of ether oxygens (including phenoxy) is 4. The molecule has 0 aromatic heterocycles. The monoisotopic (exact) mass is 413 g/mol. The molecule has 1 unspecified atom stereocenters. The summed E-state index contributed by atoms with van der Waals surface area (Å²) in [5.41, 5.74) is -0.549. The van der Waals surface area contributed by atoms with Gasteiger partial charge in [-0.2, -0.15) is 0 Å². The van der Waals surface area contributed by atoms with E-state index >= 15 is 0 Å². The van der Waals surface area contributed by atoms with E-state index in [-0.39, 0.29) is 11.5 Å². The van der Waals surface area contributed by atoms with Crippen LogP contribution in [0.25, 0.3) is 0 Å². The number of aliphatic hydroxyl groups is 3. The second-order valence-corrected chi connectivity index (χ2v) is 7.27. The van der Waals surface area contributed by atoms with Crippen LogP contribution in [0.3, 0.4) is 0 Å². The van der Waals surface area contributed by atoms with Crippen molar-refractivity contribution in [2.45, 2.75) is 56.3 Å². The van der Waals surface area contributed by atoms with Gasteiger partial charge in [0.2, 0.25) is 0 Å². The summed E-state index contributed by atoms with van der Waals surface area (Å²) in [5.74, 6) is -1.13. The van der Waals surface area contributed by atoms with Crippen molar-refractivity contribution in [2.75, 3.05) is 7.05 Å². The Kier molecular flexibility index (Phi) is 5.70. The van der Waals surface area contributed by atoms with Crippen molar-refractivity contribution in [3.8, 4) is 11.5 Å². The highest BCUT2D eigenvalue weighted by atomic mass is 16.7. The standard InChI is InChI=1S/C18H23NO10/c1-18(2)14(7-5-4-6-8(12(7)29-18)26-17(25)19-3)28-16-11(22)9(20)10(21)13(27-16)15(23)24/h4-6,9-11,13-14,16,20-22H,1-3H3,(H,19,25)(H,23,24)/t9-,10-,11+,13-,14?,16-/m0/s1. The topological polar surface area (TPSA) is 164 Å². The lowest BCUT2D eigenvalue weighted by atomic mass is 9.96. The summed E-state index contributed by atoms with van der Waals surface area (Å²) in [5, 5.41) is 41.5. The molecule has 160 valence electrons. The van der Waals surface area contributed by atoms with E-state index in [0.717, 1.165) is 0 Å². The van der Waals surface area contributed by atoms with Gasteiger partial charge in [-0.15, -0.1) is 0 Å². The maximum atomic E-state index is 11.6. The molecule has 0 spiro atoms. The summed E-state index contributed by atoms with van der Waals surface area (Å²) in [6.45, 7) is 3.35. The lowest BCUT2D eigenvalue weighted by molar-refractivity contribution is -0.312. The lowest BCUT2D eigenvalue weighted by Crippen LogP contribution is -2.60. The molecule has 5 N–H and O–H groups in total. The summed E-state index contributed by atoms with van der Waals surface area (Å²) in [4.78, 5) is 22.9. The Morgan fingerprint density at radius 1 is 1.14 bits per heavy atom. The van der Waals surface area contributed by atoms with E-state index in [1.54, 1.807) is 26.0 Å². The molecule has 2 heterocycles. The SMILES string of the molecule is CNC(=O)Oc1cccc2c1OC(C)(C)C2O[C@@H]1O[C@H](C(=O)O)[C@@H](O)[C@H](O)[C@H]1O. The first-order valence-electron chi connectivity index (χ1n) is 8.86. The van der Waals surface area contributed by atoms with Gasteiger partial charge in [-0.05, 0) is 19.9 Å². The van der Waals surface area contributed by atoms with Gasteiger partial charge < -0.3 is 44.7 Å². The number of aliphatic carboxylic acids is 1. The largest absolute Gasteiger partial charge is 0.480 e. The Morgan fingerprint density at radius 3 is 2.45 bits per heavy atom. The average Bonchev–Trinajstić information content (AvgIpc) is 2.92. The fourth-order valence-corrected chi connectivity index (χ4v) is 3.31. The molecule has 1 aromatic rings. The minimum atomic E-state index is -1.82. The van der Waals surface area contributed by atoms with Crippen molar-refractivity contribution in [3.05, 3.63) is 23.8 Å². The first kappa shape index (κ1) is 21.3. The highest BCUT2D eigenvalue weighted by molar-refractivity contribution is 5.73. The van der Waals surface area contributed by atoms with Crippen molar-refractivity contribution in [3.63, 3.8) is 0 Å². The second-order valence-electron chi connectivity index (χ2n) is 7.27. The number of aliphatic hydroxyl groups excluding tert-OH is 3. The van der Waals surface area contributed by atoms with Crippen LogP contribution in [-0.4, -0.2) is 75.8 Å². The molecule has 11 heteroatoms. The van der Waals surface area contributed by atoms with Crippen molar-refractivity contribution < 1.29 is 49.0 Å². The van der Waals surface area contributed by atoms with Crippen molar-refractivity contribution in [2.24, 2.45) is 0 Å². The molecule has 2 aliphatic heterocycles. The number of hydrogen-bond donors (Lipinski definition) is 5. The van der Waals surface area contributed by atoms with Crippen LogP contribution in [0.2, 0.25) is 0 Å². The second kappa shape index (κ2) is 7.76. The number of carbonyl (C=O) groups excluding carboxylic acids is 1. The molecule has 1 saturated heterocycles. The van der Waals surface area contributed by atoms with Crippen LogP contribution in [0.5, 0.6) is 11.5 Å². The first-order chi connectivity index (χ1) is 13.6. The van der Waals surface area contributed by atoms with Crippen LogP contribution in [0.1, 0.15) is 25.5 Å². The number of rotatable bonds is 4. The van der Waals surface area contributed by atoms with Gasteiger partial charge in [0.15, 0.2) is 23.9 Å². The Labute approximate surface area is 165 Å². The van der Waals surface area contributed by atoms with Gasteiger partial charge in [0, 0.05) is 12.6 Å². The molecule has 2 aliphatic rings. The maximum absolute atomic E-state index is 11.6. The highest BCUT2D eigenvalue weighted by Crippen LogP contribution is 2.50. The van der Waals surface area contributed by atoms with E-state index in [1.807, 2.05) is 0 Å². The highest BCUT2D eigenvalue weighted by Gasteiger charge is 2.51. The van der Waals surface area contributed by atoms with Crippen LogP contribution < -0.4 is 14.8 Å². The van der Waals surface area contributed by atoms with Crippen molar-refractivity contribution >= 4 is 12.1 Å². The number of benzene rings is 1. The minimum absolute atomic E-state index is 0.144. The Balaban J connectivity index is 1.89. The third-order valence-corrected chi connectivity index (χ3v) is 4.78. The lowest BCUT2D eigenvalue weighted by Gasteiger charge is -2.40. The number of amides is 1. The predicted molar refractivity (Wildman–Crippen MR) is 94.4 cm³/mol. The minimum Gasteiger partial charge on any atom is -0.480 e. The van der Waals surface area contributed by atoms with E-state index < -0.39 is 54.5 Å². The number of nitrogens with one attached hydrogen (secondary N) is 1. The number of hydrogen-bond acceptors (Lipinski definition) is 9. The summed E-state index contributed by atoms with van der Waals surface area (Å²) in [7, 11) is 1.41. The Bertz CT molecular complexity index is 797. The zero-order valence-electron chi connectivity index (χ0n) is 15.9.